The minimum absolute atomic E-state index is 0.00705. The van der Waals surface area contributed by atoms with Crippen LogP contribution >= 0.6 is 0 Å². The van der Waals surface area contributed by atoms with Gasteiger partial charge in [-0.1, -0.05) is 26.7 Å². The van der Waals surface area contributed by atoms with Crippen LogP contribution in [-0.4, -0.2) is 19.7 Å². The van der Waals surface area contributed by atoms with Crippen molar-refractivity contribution in [2.45, 2.75) is 104 Å². The molecule has 0 aromatic heterocycles. The van der Waals surface area contributed by atoms with Gasteiger partial charge >= 0.3 is 0 Å². The molecule has 2 aliphatic rings. The van der Waals surface area contributed by atoms with Crippen LogP contribution in [0.25, 0.3) is 0 Å². The second kappa shape index (κ2) is 7.23. The Kier molecular flexibility index (Phi) is 6.07. The molecule has 0 saturated heterocycles. The summed E-state index contributed by atoms with van der Waals surface area (Å²) in [5.41, 5.74) is 0.298. The monoisotopic (exact) mass is 352 g/mol. The zero-order valence-corrected chi connectivity index (χ0v) is 18.2. The highest BCUT2D eigenvalue weighted by atomic mass is 28.4. The summed E-state index contributed by atoms with van der Waals surface area (Å²) in [4.78, 5) is 12.3. The van der Waals surface area contributed by atoms with Gasteiger partial charge in [0.1, 0.15) is 5.78 Å². The molecule has 0 aromatic rings. The number of carbonyl (C=O) groups is 1. The van der Waals surface area contributed by atoms with E-state index < -0.39 is 8.32 Å². The first kappa shape index (κ1) is 20.2. The maximum absolute atomic E-state index is 12.3. The molecule has 3 heteroatoms. The Bertz CT molecular complexity index is 451. The van der Waals surface area contributed by atoms with Crippen molar-refractivity contribution in [3.63, 3.8) is 0 Å². The normalized spacial score (nSPS) is 32.7. The second-order valence-electron chi connectivity index (χ2n) is 10.4. The van der Waals surface area contributed by atoms with Crippen molar-refractivity contribution in [1.29, 1.82) is 0 Å². The largest absolute Gasteiger partial charge is 0.413 e. The van der Waals surface area contributed by atoms with Gasteiger partial charge in [-0.3, -0.25) is 4.79 Å². The summed E-state index contributed by atoms with van der Waals surface area (Å²) in [5, 5.41) is 0. The Morgan fingerprint density at radius 3 is 2.58 bits per heavy atom. The molecule has 0 aromatic carbocycles. The number of hydrogen-bond acceptors (Lipinski definition) is 2. The van der Waals surface area contributed by atoms with Gasteiger partial charge in [0.05, 0.1) is 5.60 Å². The Morgan fingerprint density at radius 1 is 1.29 bits per heavy atom. The van der Waals surface area contributed by atoms with Crippen molar-refractivity contribution in [2.24, 2.45) is 23.2 Å². The molecular weight excluding hydrogens is 312 g/mol. The lowest BCUT2D eigenvalue weighted by atomic mass is 9.62. The fourth-order valence-corrected chi connectivity index (χ4v) is 7.60. The van der Waals surface area contributed by atoms with Crippen LogP contribution in [0.1, 0.15) is 79.1 Å². The number of ketones is 1. The molecule has 0 bridgehead atoms. The first-order chi connectivity index (χ1) is 10.9. The minimum Gasteiger partial charge on any atom is -0.413 e. The molecule has 24 heavy (non-hydrogen) atoms. The van der Waals surface area contributed by atoms with Gasteiger partial charge in [-0.05, 0) is 82.8 Å². The SMILES string of the molecule is C[C@H](CCCC(C)(C)O[Si](C)(C)C)[C@H]1CC[C@@H]2C(=O)CCC[C@@]21C. The van der Waals surface area contributed by atoms with E-state index in [0.717, 1.165) is 37.5 Å². The van der Waals surface area contributed by atoms with Gasteiger partial charge in [0, 0.05) is 12.3 Å². The Balaban J connectivity index is 1.87. The highest BCUT2D eigenvalue weighted by molar-refractivity contribution is 6.69. The summed E-state index contributed by atoms with van der Waals surface area (Å²) in [7, 11) is -1.48. The molecule has 4 atom stereocenters. The number of hydrogen-bond donors (Lipinski definition) is 0. The molecule has 140 valence electrons. The maximum Gasteiger partial charge on any atom is 0.184 e. The van der Waals surface area contributed by atoms with Crippen LogP contribution in [-0.2, 0) is 9.22 Å². The smallest absolute Gasteiger partial charge is 0.184 e. The lowest BCUT2D eigenvalue weighted by molar-refractivity contribution is -0.130. The van der Waals surface area contributed by atoms with Crippen molar-refractivity contribution in [2.75, 3.05) is 0 Å². The number of Topliss-reactive ketones (excluding diaryl/α,β-unsaturated/α-hetero) is 1. The molecule has 0 amide bonds. The van der Waals surface area contributed by atoms with Gasteiger partial charge in [-0.15, -0.1) is 0 Å². The van der Waals surface area contributed by atoms with Crippen LogP contribution in [0, 0.1) is 23.2 Å². The average molecular weight is 353 g/mol. The summed E-state index contributed by atoms with van der Waals surface area (Å²) < 4.78 is 6.35. The average Bonchev–Trinajstić information content (AvgIpc) is 2.74. The maximum atomic E-state index is 12.3. The van der Waals surface area contributed by atoms with E-state index in [2.05, 4.69) is 47.3 Å². The molecule has 2 nitrogen and oxygen atoms in total. The molecule has 0 aliphatic heterocycles. The quantitative estimate of drug-likeness (QED) is 0.509. The standard InChI is InChI=1S/C21H40O2Si/c1-16(10-8-14-20(2,3)23-24(5,6)7)17-12-13-18-19(22)11-9-15-21(17,18)4/h16-18H,8-15H2,1-7H3/t16-,17-,18-,21-/m1/s1. The fraction of sp³-hybridized carbons (Fsp3) is 0.952. The van der Waals surface area contributed by atoms with Crippen molar-refractivity contribution in [3.8, 4) is 0 Å². The van der Waals surface area contributed by atoms with Gasteiger partial charge in [-0.2, -0.15) is 0 Å². The molecule has 0 spiro atoms. The van der Waals surface area contributed by atoms with E-state index in [9.17, 15) is 4.79 Å². The lowest BCUT2D eigenvalue weighted by Gasteiger charge is -2.42. The number of rotatable bonds is 7. The number of fused-ring (bicyclic) bond motifs is 1. The summed E-state index contributed by atoms with van der Waals surface area (Å²) in [6, 6.07) is 0. The highest BCUT2D eigenvalue weighted by Gasteiger charge is 2.52. The van der Waals surface area contributed by atoms with E-state index in [1.54, 1.807) is 0 Å². The summed E-state index contributed by atoms with van der Waals surface area (Å²) in [5.74, 6) is 2.40. The van der Waals surface area contributed by atoms with Crippen LogP contribution in [0.4, 0.5) is 0 Å². The summed E-state index contributed by atoms with van der Waals surface area (Å²) in [6.45, 7) is 16.2. The summed E-state index contributed by atoms with van der Waals surface area (Å²) >= 11 is 0. The molecule has 2 aliphatic carbocycles. The molecule has 2 fully saturated rings. The van der Waals surface area contributed by atoms with E-state index >= 15 is 0 Å². The summed E-state index contributed by atoms with van der Waals surface area (Å²) in [6.07, 6.45) is 9.30. The Labute approximate surface area is 151 Å². The van der Waals surface area contributed by atoms with Crippen molar-refractivity contribution in [1.82, 2.24) is 0 Å². The van der Waals surface area contributed by atoms with Gasteiger partial charge in [0.2, 0.25) is 0 Å². The molecule has 0 unspecified atom stereocenters. The topological polar surface area (TPSA) is 26.3 Å². The van der Waals surface area contributed by atoms with Gasteiger partial charge < -0.3 is 4.43 Å². The van der Waals surface area contributed by atoms with E-state index in [1.165, 1.54) is 25.7 Å². The molecule has 0 N–H and O–H groups in total. The third-order valence-electron chi connectivity index (χ3n) is 6.64. The molecular formula is C21H40O2Si. The lowest BCUT2D eigenvalue weighted by Crippen LogP contribution is -2.39. The molecule has 2 rings (SSSR count). The molecule has 0 radical (unpaired) electrons. The molecule has 0 heterocycles. The van der Waals surface area contributed by atoms with Gasteiger partial charge in [0.15, 0.2) is 8.32 Å². The second-order valence-corrected chi connectivity index (χ2v) is 14.8. The van der Waals surface area contributed by atoms with E-state index in [-0.39, 0.29) is 5.60 Å². The zero-order chi connectivity index (χ0) is 18.2. The third-order valence-corrected chi connectivity index (χ3v) is 7.81. The third kappa shape index (κ3) is 4.72. The highest BCUT2D eigenvalue weighted by Crippen LogP contribution is 2.57. The van der Waals surface area contributed by atoms with Crippen LogP contribution in [0.15, 0.2) is 0 Å². The predicted octanol–water partition coefficient (Wildman–Crippen LogP) is 6.21. The van der Waals surface area contributed by atoms with E-state index in [4.69, 9.17) is 4.43 Å². The first-order valence-corrected chi connectivity index (χ1v) is 13.6. The van der Waals surface area contributed by atoms with Crippen LogP contribution in [0.2, 0.25) is 19.6 Å². The van der Waals surface area contributed by atoms with Gasteiger partial charge in [-0.25, -0.2) is 0 Å². The van der Waals surface area contributed by atoms with Crippen molar-refractivity contribution < 1.29 is 9.22 Å². The van der Waals surface area contributed by atoms with E-state index in [0.29, 0.717) is 17.1 Å². The minimum atomic E-state index is -1.48. The Hall–Kier alpha value is -0.153. The fourth-order valence-electron chi connectivity index (χ4n) is 5.84. The zero-order valence-electron chi connectivity index (χ0n) is 17.2. The van der Waals surface area contributed by atoms with Crippen molar-refractivity contribution >= 4 is 14.1 Å². The predicted molar refractivity (Wildman–Crippen MR) is 105 cm³/mol. The molecule has 2 saturated carbocycles. The van der Waals surface area contributed by atoms with E-state index in [1.807, 2.05) is 0 Å². The van der Waals surface area contributed by atoms with Gasteiger partial charge in [0.25, 0.3) is 0 Å². The van der Waals surface area contributed by atoms with Crippen LogP contribution in [0.3, 0.4) is 0 Å². The first-order valence-electron chi connectivity index (χ1n) is 10.2. The van der Waals surface area contributed by atoms with Crippen molar-refractivity contribution in [3.05, 3.63) is 0 Å². The Morgan fingerprint density at radius 2 is 1.96 bits per heavy atom. The number of carbonyl (C=O) groups excluding carboxylic acids is 1. The van der Waals surface area contributed by atoms with Crippen LogP contribution < -0.4 is 0 Å². The van der Waals surface area contributed by atoms with Crippen LogP contribution in [0.5, 0.6) is 0 Å².